The second-order valence-corrected chi connectivity index (χ2v) is 4.15. The third kappa shape index (κ3) is 1.93. The normalized spacial score (nSPS) is 20.5. The minimum Gasteiger partial charge on any atom is -0.330 e. The zero-order chi connectivity index (χ0) is 11.5. The number of carbonyl (C=O) groups is 1. The van der Waals surface area contributed by atoms with Gasteiger partial charge < -0.3 is 5.73 Å². The Hall–Kier alpha value is -1.42. The van der Waals surface area contributed by atoms with Crippen LogP contribution in [-0.2, 0) is 11.2 Å². The highest BCUT2D eigenvalue weighted by Crippen LogP contribution is 2.25. The monoisotopic (exact) mass is 219 g/mol. The maximum atomic E-state index is 11.8. The first-order valence-electron chi connectivity index (χ1n) is 5.70. The molecule has 1 atom stereocenters. The lowest BCUT2D eigenvalue weighted by atomic mass is 10.1. The fourth-order valence-electron chi connectivity index (χ4n) is 2.09. The summed E-state index contributed by atoms with van der Waals surface area (Å²) in [6.07, 6.45) is 3.17. The maximum absolute atomic E-state index is 11.8. The number of aromatic nitrogens is 1. The smallest absolute Gasteiger partial charge is 0.228 e. The molecule has 86 valence electrons. The Kier molecular flexibility index (Phi) is 3.19. The van der Waals surface area contributed by atoms with Crippen molar-refractivity contribution in [2.75, 3.05) is 18.0 Å². The van der Waals surface area contributed by atoms with Crippen molar-refractivity contribution in [1.82, 2.24) is 4.98 Å². The third-order valence-electron chi connectivity index (χ3n) is 3.04. The molecule has 0 bridgehead atoms. The van der Waals surface area contributed by atoms with Crippen LogP contribution in [-0.4, -0.2) is 24.0 Å². The molecule has 2 N–H and O–H groups in total. The van der Waals surface area contributed by atoms with E-state index in [0.717, 1.165) is 17.8 Å². The van der Waals surface area contributed by atoms with Gasteiger partial charge >= 0.3 is 0 Å². The summed E-state index contributed by atoms with van der Waals surface area (Å²) >= 11 is 0. The predicted molar refractivity (Wildman–Crippen MR) is 63.1 cm³/mol. The number of aryl methyl sites for hydroxylation is 1. The molecular formula is C12H17N3O. The van der Waals surface area contributed by atoms with E-state index in [4.69, 9.17) is 5.73 Å². The summed E-state index contributed by atoms with van der Waals surface area (Å²) in [7, 11) is 0. The number of amides is 1. The Morgan fingerprint density at radius 2 is 2.44 bits per heavy atom. The van der Waals surface area contributed by atoms with E-state index in [-0.39, 0.29) is 11.8 Å². The SMILES string of the molecule is CCc1cccnc1N1CC(CN)CC1=O. The number of nitrogens with zero attached hydrogens (tertiary/aromatic N) is 2. The number of hydrogen-bond donors (Lipinski definition) is 1. The van der Waals surface area contributed by atoms with Crippen LogP contribution in [0, 0.1) is 5.92 Å². The molecule has 4 nitrogen and oxygen atoms in total. The molecule has 1 unspecified atom stereocenters. The van der Waals surface area contributed by atoms with Gasteiger partial charge in [-0.3, -0.25) is 9.69 Å². The van der Waals surface area contributed by atoms with Gasteiger partial charge in [0.15, 0.2) is 0 Å². The van der Waals surface area contributed by atoms with E-state index in [1.807, 2.05) is 12.1 Å². The summed E-state index contributed by atoms with van der Waals surface area (Å²) in [6, 6.07) is 3.93. The molecular weight excluding hydrogens is 202 g/mol. The largest absolute Gasteiger partial charge is 0.330 e. The number of anilines is 1. The molecule has 1 saturated heterocycles. The Morgan fingerprint density at radius 3 is 3.06 bits per heavy atom. The van der Waals surface area contributed by atoms with Crippen LogP contribution in [0.3, 0.4) is 0 Å². The lowest BCUT2D eigenvalue weighted by Gasteiger charge is -2.18. The molecule has 0 spiro atoms. The van der Waals surface area contributed by atoms with Crippen molar-refractivity contribution < 1.29 is 4.79 Å². The lowest BCUT2D eigenvalue weighted by molar-refractivity contribution is -0.117. The minimum absolute atomic E-state index is 0.142. The first-order chi connectivity index (χ1) is 7.76. The van der Waals surface area contributed by atoms with Crippen molar-refractivity contribution in [1.29, 1.82) is 0 Å². The van der Waals surface area contributed by atoms with Gasteiger partial charge in [0.1, 0.15) is 5.82 Å². The molecule has 0 aromatic carbocycles. The molecule has 1 amide bonds. The van der Waals surface area contributed by atoms with Crippen LogP contribution in [0.5, 0.6) is 0 Å². The average molecular weight is 219 g/mol. The molecule has 1 aliphatic rings. The zero-order valence-electron chi connectivity index (χ0n) is 9.52. The van der Waals surface area contributed by atoms with Crippen molar-refractivity contribution in [2.45, 2.75) is 19.8 Å². The van der Waals surface area contributed by atoms with E-state index >= 15 is 0 Å². The number of carbonyl (C=O) groups excluding carboxylic acids is 1. The molecule has 16 heavy (non-hydrogen) atoms. The van der Waals surface area contributed by atoms with E-state index < -0.39 is 0 Å². The van der Waals surface area contributed by atoms with Gasteiger partial charge in [-0.25, -0.2) is 4.98 Å². The summed E-state index contributed by atoms with van der Waals surface area (Å²) in [5, 5.41) is 0. The van der Waals surface area contributed by atoms with Gasteiger partial charge in [-0.05, 0) is 30.5 Å². The summed E-state index contributed by atoms with van der Waals surface area (Å²) in [4.78, 5) is 17.9. The third-order valence-corrected chi connectivity index (χ3v) is 3.04. The van der Waals surface area contributed by atoms with Crippen LogP contribution in [0.4, 0.5) is 5.82 Å². The number of hydrogen-bond acceptors (Lipinski definition) is 3. The fraction of sp³-hybridized carbons (Fsp3) is 0.500. The van der Waals surface area contributed by atoms with E-state index in [2.05, 4.69) is 11.9 Å². The lowest BCUT2D eigenvalue weighted by Crippen LogP contribution is -2.27. The Balaban J connectivity index is 2.27. The van der Waals surface area contributed by atoms with Gasteiger partial charge in [0.25, 0.3) is 0 Å². The molecule has 1 aromatic rings. The summed E-state index contributed by atoms with van der Waals surface area (Å²) in [5.41, 5.74) is 6.73. The second-order valence-electron chi connectivity index (χ2n) is 4.15. The van der Waals surface area contributed by atoms with E-state index in [1.54, 1.807) is 11.1 Å². The Bertz CT molecular complexity index is 392. The maximum Gasteiger partial charge on any atom is 0.228 e. The zero-order valence-corrected chi connectivity index (χ0v) is 9.52. The molecule has 1 aromatic heterocycles. The van der Waals surface area contributed by atoms with Gasteiger partial charge in [0.05, 0.1) is 0 Å². The standard InChI is InChI=1S/C12H17N3O/c1-2-10-4-3-5-14-12(10)15-8-9(7-13)6-11(15)16/h3-5,9H,2,6-8,13H2,1H3. The first kappa shape index (κ1) is 11.1. The Labute approximate surface area is 95.5 Å². The molecule has 0 radical (unpaired) electrons. The van der Waals surface area contributed by atoms with Gasteiger partial charge in [0.2, 0.25) is 5.91 Å². The van der Waals surface area contributed by atoms with E-state index in [1.165, 1.54) is 0 Å². The first-order valence-corrected chi connectivity index (χ1v) is 5.70. The molecule has 4 heteroatoms. The number of nitrogens with two attached hydrogens (primary N) is 1. The highest BCUT2D eigenvalue weighted by molar-refractivity contribution is 5.95. The van der Waals surface area contributed by atoms with E-state index in [0.29, 0.717) is 19.5 Å². The van der Waals surface area contributed by atoms with Crippen LogP contribution < -0.4 is 10.6 Å². The molecule has 1 aliphatic heterocycles. The van der Waals surface area contributed by atoms with Crippen LogP contribution in [0.2, 0.25) is 0 Å². The van der Waals surface area contributed by atoms with Crippen molar-refractivity contribution in [3.05, 3.63) is 23.9 Å². The molecule has 0 aliphatic carbocycles. The van der Waals surface area contributed by atoms with Crippen LogP contribution in [0.1, 0.15) is 18.9 Å². The molecule has 1 fully saturated rings. The molecule has 2 rings (SSSR count). The topological polar surface area (TPSA) is 59.2 Å². The van der Waals surface area contributed by atoms with Gasteiger partial charge in [-0.2, -0.15) is 0 Å². The average Bonchev–Trinajstić information content (AvgIpc) is 2.70. The van der Waals surface area contributed by atoms with Crippen LogP contribution in [0.25, 0.3) is 0 Å². The van der Waals surface area contributed by atoms with Crippen molar-refractivity contribution in [3.63, 3.8) is 0 Å². The van der Waals surface area contributed by atoms with Crippen molar-refractivity contribution >= 4 is 11.7 Å². The van der Waals surface area contributed by atoms with Crippen LogP contribution >= 0.6 is 0 Å². The van der Waals surface area contributed by atoms with Crippen molar-refractivity contribution in [3.8, 4) is 0 Å². The summed E-state index contributed by atoms with van der Waals surface area (Å²) in [5.74, 6) is 1.23. The van der Waals surface area contributed by atoms with E-state index in [9.17, 15) is 4.79 Å². The molecule has 2 heterocycles. The van der Waals surface area contributed by atoms with Crippen LogP contribution in [0.15, 0.2) is 18.3 Å². The highest BCUT2D eigenvalue weighted by Gasteiger charge is 2.31. The van der Waals surface area contributed by atoms with Gasteiger partial charge in [-0.15, -0.1) is 0 Å². The molecule has 0 saturated carbocycles. The van der Waals surface area contributed by atoms with Crippen molar-refractivity contribution in [2.24, 2.45) is 11.7 Å². The highest BCUT2D eigenvalue weighted by atomic mass is 16.2. The minimum atomic E-state index is 0.142. The predicted octanol–water partition coefficient (Wildman–Crippen LogP) is 0.956. The van der Waals surface area contributed by atoms with Gasteiger partial charge in [0, 0.05) is 19.2 Å². The number of rotatable bonds is 3. The summed E-state index contributed by atoms with van der Waals surface area (Å²) < 4.78 is 0. The van der Waals surface area contributed by atoms with Gasteiger partial charge in [-0.1, -0.05) is 13.0 Å². The fourth-order valence-corrected chi connectivity index (χ4v) is 2.09. The quantitative estimate of drug-likeness (QED) is 0.823. The number of pyridine rings is 1. The summed E-state index contributed by atoms with van der Waals surface area (Å²) in [6.45, 7) is 3.34. The second kappa shape index (κ2) is 4.61. The Morgan fingerprint density at radius 1 is 1.62 bits per heavy atom.